The molecular formula is C12H15F2NO. The standard InChI is InChI=1S/C12H15F2NO/c1-16-12-9(2-3-10(13)11(12)14)8-4-6-15-7-5-8/h2-3,8,15H,4-7H2,1H3. The Kier molecular flexibility index (Phi) is 3.39. The lowest BCUT2D eigenvalue weighted by molar-refractivity contribution is 0.355. The molecule has 0 spiro atoms. The Labute approximate surface area is 93.6 Å². The van der Waals surface area contributed by atoms with Crippen LogP contribution in [0.2, 0.25) is 0 Å². The van der Waals surface area contributed by atoms with E-state index in [1.54, 1.807) is 6.07 Å². The van der Waals surface area contributed by atoms with Gasteiger partial charge in [-0.25, -0.2) is 4.39 Å². The molecule has 88 valence electrons. The first kappa shape index (κ1) is 11.3. The lowest BCUT2D eigenvalue weighted by Gasteiger charge is -2.24. The predicted octanol–water partition coefficient (Wildman–Crippen LogP) is 2.44. The third-order valence-electron chi connectivity index (χ3n) is 3.06. The summed E-state index contributed by atoms with van der Waals surface area (Å²) in [7, 11) is 1.38. The summed E-state index contributed by atoms with van der Waals surface area (Å²) in [4.78, 5) is 0. The first-order chi connectivity index (χ1) is 7.74. The Morgan fingerprint density at radius 1 is 1.25 bits per heavy atom. The monoisotopic (exact) mass is 227 g/mol. The zero-order chi connectivity index (χ0) is 11.5. The van der Waals surface area contributed by atoms with Crippen LogP contribution < -0.4 is 10.1 Å². The van der Waals surface area contributed by atoms with Crippen LogP contribution in [0.25, 0.3) is 0 Å². The van der Waals surface area contributed by atoms with Gasteiger partial charge in [-0.3, -0.25) is 0 Å². The normalized spacial score (nSPS) is 17.4. The molecule has 0 bridgehead atoms. The third kappa shape index (κ3) is 2.02. The van der Waals surface area contributed by atoms with Crippen molar-refractivity contribution in [2.24, 2.45) is 0 Å². The van der Waals surface area contributed by atoms with Gasteiger partial charge in [0, 0.05) is 5.56 Å². The second-order valence-electron chi connectivity index (χ2n) is 4.01. The predicted molar refractivity (Wildman–Crippen MR) is 57.8 cm³/mol. The van der Waals surface area contributed by atoms with Gasteiger partial charge in [-0.15, -0.1) is 0 Å². The molecule has 1 aromatic rings. The van der Waals surface area contributed by atoms with Crippen LogP contribution in [0.3, 0.4) is 0 Å². The van der Waals surface area contributed by atoms with Gasteiger partial charge in [-0.2, -0.15) is 4.39 Å². The van der Waals surface area contributed by atoms with Gasteiger partial charge in [-0.1, -0.05) is 6.07 Å². The highest BCUT2D eigenvalue weighted by Gasteiger charge is 2.22. The Hall–Kier alpha value is -1.16. The Balaban J connectivity index is 2.35. The second-order valence-corrected chi connectivity index (χ2v) is 4.01. The molecule has 1 N–H and O–H groups in total. The summed E-state index contributed by atoms with van der Waals surface area (Å²) < 4.78 is 31.5. The van der Waals surface area contributed by atoms with E-state index in [9.17, 15) is 8.78 Å². The Morgan fingerprint density at radius 2 is 1.94 bits per heavy atom. The molecule has 0 amide bonds. The van der Waals surface area contributed by atoms with E-state index in [0.717, 1.165) is 31.5 Å². The summed E-state index contributed by atoms with van der Waals surface area (Å²) in [5.74, 6) is -1.41. The number of ether oxygens (including phenoxy) is 1. The number of rotatable bonds is 2. The van der Waals surface area contributed by atoms with Gasteiger partial charge in [-0.05, 0) is 37.9 Å². The molecule has 4 heteroatoms. The van der Waals surface area contributed by atoms with E-state index < -0.39 is 11.6 Å². The summed E-state index contributed by atoms with van der Waals surface area (Å²) >= 11 is 0. The lowest BCUT2D eigenvalue weighted by Crippen LogP contribution is -2.27. The van der Waals surface area contributed by atoms with E-state index in [0.29, 0.717) is 0 Å². The fourth-order valence-corrected chi connectivity index (χ4v) is 2.21. The molecule has 2 nitrogen and oxygen atoms in total. The topological polar surface area (TPSA) is 21.3 Å². The van der Waals surface area contributed by atoms with Crippen molar-refractivity contribution in [1.29, 1.82) is 0 Å². The molecule has 1 heterocycles. The molecule has 1 aliphatic rings. The minimum absolute atomic E-state index is 0.0619. The van der Waals surface area contributed by atoms with Crippen LogP contribution in [0.5, 0.6) is 5.75 Å². The maximum Gasteiger partial charge on any atom is 0.200 e. The van der Waals surface area contributed by atoms with Crippen molar-refractivity contribution in [2.45, 2.75) is 18.8 Å². The highest BCUT2D eigenvalue weighted by molar-refractivity contribution is 5.38. The zero-order valence-corrected chi connectivity index (χ0v) is 9.22. The van der Waals surface area contributed by atoms with Gasteiger partial charge in [0.25, 0.3) is 0 Å². The summed E-state index contributed by atoms with van der Waals surface area (Å²) in [5, 5.41) is 3.24. The van der Waals surface area contributed by atoms with Crippen molar-refractivity contribution in [3.63, 3.8) is 0 Å². The number of nitrogens with one attached hydrogen (secondary N) is 1. The number of hydrogen-bond donors (Lipinski definition) is 1. The molecule has 1 fully saturated rings. The molecule has 1 aliphatic heterocycles. The number of hydrogen-bond acceptors (Lipinski definition) is 2. The molecule has 1 aromatic carbocycles. The Bertz CT molecular complexity index is 376. The van der Waals surface area contributed by atoms with Crippen LogP contribution in [0.1, 0.15) is 24.3 Å². The maximum absolute atomic E-state index is 13.5. The van der Waals surface area contributed by atoms with Crippen molar-refractivity contribution in [2.75, 3.05) is 20.2 Å². The van der Waals surface area contributed by atoms with Crippen LogP contribution in [-0.2, 0) is 0 Å². The molecule has 1 saturated heterocycles. The number of benzene rings is 1. The lowest BCUT2D eigenvalue weighted by atomic mass is 9.89. The van der Waals surface area contributed by atoms with E-state index in [4.69, 9.17) is 4.74 Å². The molecular weight excluding hydrogens is 212 g/mol. The van der Waals surface area contributed by atoms with E-state index in [2.05, 4.69) is 5.32 Å². The second kappa shape index (κ2) is 4.78. The SMILES string of the molecule is COc1c(C2CCNCC2)ccc(F)c1F. The van der Waals surface area contributed by atoms with Crippen molar-refractivity contribution < 1.29 is 13.5 Å². The van der Waals surface area contributed by atoms with Crippen LogP contribution >= 0.6 is 0 Å². The number of piperidine rings is 1. The maximum atomic E-state index is 13.5. The fraction of sp³-hybridized carbons (Fsp3) is 0.500. The van der Waals surface area contributed by atoms with Crippen molar-refractivity contribution in [1.82, 2.24) is 5.32 Å². The van der Waals surface area contributed by atoms with Gasteiger partial charge in [0.1, 0.15) is 0 Å². The average Bonchev–Trinajstić information content (AvgIpc) is 2.33. The largest absolute Gasteiger partial charge is 0.493 e. The quantitative estimate of drug-likeness (QED) is 0.837. The summed E-state index contributed by atoms with van der Waals surface area (Å²) in [6.45, 7) is 1.82. The minimum Gasteiger partial charge on any atom is -0.493 e. The van der Waals surface area contributed by atoms with E-state index in [1.165, 1.54) is 13.2 Å². The highest BCUT2D eigenvalue weighted by Crippen LogP contribution is 2.35. The smallest absolute Gasteiger partial charge is 0.200 e. The fourth-order valence-electron chi connectivity index (χ4n) is 2.21. The van der Waals surface area contributed by atoms with Crippen molar-refractivity contribution >= 4 is 0 Å². The first-order valence-electron chi connectivity index (χ1n) is 5.46. The van der Waals surface area contributed by atoms with E-state index in [-0.39, 0.29) is 11.7 Å². The van der Waals surface area contributed by atoms with Crippen molar-refractivity contribution in [3.8, 4) is 5.75 Å². The molecule has 0 atom stereocenters. The Morgan fingerprint density at radius 3 is 2.56 bits per heavy atom. The summed E-state index contributed by atoms with van der Waals surface area (Å²) in [6, 6.07) is 2.81. The molecule has 0 aromatic heterocycles. The minimum atomic E-state index is -0.876. The van der Waals surface area contributed by atoms with Crippen molar-refractivity contribution in [3.05, 3.63) is 29.3 Å². The third-order valence-corrected chi connectivity index (χ3v) is 3.06. The number of methoxy groups -OCH3 is 1. The van der Waals surface area contributed by atoms with E-state index >= 15 is 0 Å². The molecule has 0 unspecified atom stereocenters. The summed E-state index contributed by atoms with van der Waals surface area (Å²) in [6.07, 6.45) is 1.86. The molecule has 0 saturated carbocycles. The van der Waals surface area contributed by atoms with Crippen LogP contribution in [0.4, 0.5) is 8.78 Å². The molecule has 16 heavy (non-hydrogen) atoms. The molecule has 0 radical (unpaired) electrons. The molecule has 0 aliphatic carbocycles. The van der Waals surface area contributed by atoms with Crippen LogP contribution in [0, 0.1) is 11.6 Å². The zero-order valence-electron chi connectivity index (χ0n) is 9.22. The van der Waals surface area contributed by atoms with Crippen LogP contribution in [0.15, 0.2) is 12.1 Å². The van der Waals surface area contributed by atoms with Gasteiger partial charge < -0.3 is 10.1 Å². The highest BCUT2D eigenvalue weighted by atomic mass is 19.2. The van der Waals surface area contributed by atoms with Gasteiger partial charge in [0.2, 0.25) is 5.82 Å². The average molecular weight is 227 g/mol. The number of halogens is 2. The van der Waals surface area contributed by atoms with Gasteiger partial charge >= 0.3 is 0 Å². The van der Waals surface area contributed by atoms with Gasteiger partial charge in [0.15, 0.2) is 11.6 Å². The summed E-state index contributed by atoms with van der Waals surface area (Å²) in [5.41, 5.74) is 0.780. The van der Waals surface area contributed by atoms with Gasteiger partial charge in [0.05, 0.1) is 7.11 Å². The first-order valence-corrected chi connectivity index (χ1v) is 5.46. The molecule has 2 rings (SSSR count). The van der Waals surface area contributed by atoms with Crippen LogP contribution in [-0.4, -0.2) is 20.2 Å². The van der Waals surface area contributed by atoms with E-state index in [1.807, 2.05) is 0 Å².